The van der Waals surface area contributed by atoms with Crippen molar-refractivity contribution in [1.82, 2.24) is 14.8 Å². The molecule has 1 aromatic heterocycles. The van der Waals surface area contributed by atoms with E-state index >= 15 is 0 Å². The van der Waals surface area contributed by atoms with E-state index in [2.05, 4.69) is 14.8 Å². The number of primary amides is 1. The Morgan fingerprint density at radius 1 is 1.24 bits per heavy atom. The Hall–Kier alpha value is -2.02. The maximum absolute atomic E-state index is 11.5. The summed E-state index contributed by atoms with van der Waals surface area (Å²) in [6.07, 6.45) is 5.91. The number of benzene rings is 1. The van der Waals surface area contributed by atoms with Crippen LogP contribution in [0.25, 0.3) is 11.4 Å². The molecule has 3 rings (SSSR count). The molecule has 1 amide bonds. The zero-order valence-electron chi connectivity index (χ0n) is 14.6. The Balaban J connectivity index is 1.98. The highest BCUT2D eigenvalue weighted by Gasteiger charge is 2.25. The van der Waals surface area contributed by atoms with Crippen molar-refractivity contribution in [3.63, 3.8) is 0 Å². The molecule has 1 aliphatic rings. The molecule has 0 bridgehead atoms. The zero-order chi connectivity index (χ0) is 17.8. The Morgan fingerprint density at radius 2 is 1.92 bits per heavy atom. The van der Waals surface area contributed by atoms with Crippen LogP contribution in [0, 0.1) is 0 Å². The maximum atomic E-state index is 11.5. The van der Waals surface area contributed by atoms with E-state index in [9.17, 15) is 4.79 Å². The predicted octanol–water partition coefficient (Wildman–Crippen LogP) is 3.42. The molecule has 0 radical (unpaired) electrons. The molecule has 25 heavy (non-hydrogen) atoms. The van der Waals surface area contributed by atoms with Crippen molar-refractivity contribution in [3.8, 4) is 17.1 Å². The van der Waals surface area contributed by atoms with Crippen LogP contribution in [0.5, 0.6) is 5.75 Å². The maximum Gasteiger partial charge on any atom is 0.230 e. The van der Waals surface area contributed by atoms with Gasteiger partial charge >= 0.3 is 0 Å². The smallest absolute Gasteiger partial charge is 0.230 e. The Labute approximate surface area is 152 Å². The standard InChI is InChI=1S/C18H24N4O2S/c1-12(16(19)23)25-18-21-20-17(13-8-10-15(24-2)11-9-13)22(18)14-6-4-3-5-7-14/h8-12,14H,3-7H2,1-2H3,(H2,19,23)/t12-/m0/s1. The van der Waals surface area contributed by atoms with Gasteiger partial charge in [-0.1, -0.05) is 31.0 Å². The number of hydrogen-bond donors (Lipinski definition) is 1. The van der Waals surface area contributed by atoms with E-state index in [-0.39, 0.29) is 11.2 Å². The number of aromatic nitrogens is 3. The Bertz CT molecular complexity index is 723. The van der Waals surface area contributed by atoms with Gasteiger partial charge < -0.3 is 10.5 Å². The fraction of sp³-hybridized carbons (Fsp3) is 0.500. The minimum Gasteiger partial charge on any atom is -0.497 e. The predicted molar refractivity (Wildman–Crippen MR) is 98.6 cm³/mol. The minimum absolute atomic E-state index is 0.338. The number of methoxy groups -OCH3 is 1. The number of thioether (sulfide) groups is 1. The molecule has 7 heteroatoms. The molecule has 1 heterocycles. The first-order valence-electron chi connectivity index (χ1n) is 8.65. The van der Waals surface area contributed by atoms with E-state index in [4.69, 9.17) is 10.5 Å². The molecule has 2 N–H and O–H groups in total. The van der Waals surface area contributed by atoms with Crippen LogP contribution in [0.3, 0.4) is 0 Å². The lowest BCUT2D eigenvalue weighted by molar-refractivity contribution is -0.117. The molecule has 6 nitrogen and oxygen atoms in total. The number of carbonyl (C=O) groups excluding carboxylic acids is 1. The van der Waals surface area contributed by atoms with Crippen molar-refractivity contribution >= 4 is 17.7 Å². The topological polar surface area (TPSA) is 83.0 Å². The number of carbonyl (C=O) groups is 1. The van der Waals surface area contributed by atoms with E-state index in [1.807, 2.05) is 24.3 Å². The van der Waals surface area contributed by atoms with Crippen molar-refractivity contribution in [1.29, 1.82) is 0 Å². The van der Waals surface area contributed by atoms with Gasteiger partial charge in [-0.2, -0.15) is 0 Å². The number of nitrogens with two attached hydrogens (primary N) is 1. The van der Waals surface area contributed by atoms with Crippen LogP contribution in [-0.2, 0) is 4.79 Å². The van der Waals surface area contributed by atoms with Crippen molar-refractivity contribution in [2.75, 3.05) is 7.11 Å². The van der Waals surface area contributed by atoms with Crippen LogP contribution in [-0.4, -0.2) is 33.0 Å². The summed E-state index contributed by atoms with van der Waals surface area (Å²) in [5.74, 6) is 1.31. The molecule has 1 aliphatic carbocycles. The molecule has 1 saturated carbocycles. The van der Waals surface area contributed by atoms with Gasteiger partial charge in [-0.15, -0.1) is 10.2 Å². The molecule has 0 aliphatic heterocycles. The van der Waals surface area contributed by atoms with E-state index < -0.39 is 0 Å². The third kappa shape index (κ3) is 3.98. The third-order valence-corrected chi connectivity index (χ3v) is 5.71. The third-order valence-electron chi connectivity index (χ3n) is 4.64. The second kappa shape index (κ2) is 7.91. The Kier molecular flexibility index (Phi) is 5.63. The number of rotatable bonds is 6. The van der Waals surface area contributed by atoms with E-state index in [0.717, 1.165) is 35.1 Å². The highest BCUT2D eigenvalue weighted by atomic mass is 32.2. The number of hydrogen-bond acceptors (Lipinski definition) is 5. The number of amides is 1. The largest absolute Gasteiger partial charge is 0.497 e. The summed E-state index contributed by atoms with van der Waals surface area (Å²) in [6, 6.07) is 8.20. The molecule has 0 unspecified atom stereocenters. The van der Waals surface area contributed by atoms with Crippen LogP contribution in [0.4, 0.5) is 0 Å². The summed E-state index contributed by atoms with van der Waals surface area (Å²) in [7, 11) is 1.65. The number of ether oxygens (including phenoxy) is 1. The molecule has 1 atom stereocenters. The van der Waals surface area contributed by atoms with Gasteiger partial charge in [0.2, 0.25) is 5.91 Å². The van der Waals surface area contributed by atoms with E-state index in [1.54, 1.807) is 14.0 Å². The van der Waals surface area contributed by atoms with Crippen molar-refractivity contribution in [2.45, 2.75) is 55.5 Å². The van der Waals surface area contributed by atoms with Crippen LogP contribution >= 0.6 is 11.8 Å². The summed E-state index contributed by atoms with van der Waals surface area (Å²) in [5, 5.41) is 9.23. The quantitative estimate of drug-likeness (QED) is 0.798. The molecular formula is C18H24N4O2S. The SMILES string of the molecule is COc1ccc(-c2nnc(S[C@@H](C)C(N)=O)n2C2CCCCC2)cc1. The van der Waals surface area contributed by atoms with Crippen molar-refractivity contribution < 1.29 is 9.53 Å². The minimum atomic E-state index is -0.339. The highest BCUT2D eigenvalue weighted by molar-refractivity contribution is 8.00. The van der Waals surface area contributed by atoms with Crippen LogP contribution in [0.1, 0.15) is 45.1 Å². The molecule has 0 saturated heterocycles. The van der Waals surface area contributed by atoms with Gasteiger partial charge in [0, 0.05) is 11.6 Å². The van der Waals surface area contributed by atoms with Gasteiger partial charge in [0.25, 0.3) is 0 Å². The summed E-state index contributed by atoms with van der Waals surface area (Å²) < 4.78 is 7.44. The van der Waals surface area contributed by atoms with Gasteiger partial charge in [-0.3, -0.25) is 9.36 Å². The van der Waals surface area contributed by atoms with Crippen molar-refractivity contribution in [3.05, 3.63) is 24.3 Å². The van der Waals surface area contributed by atoms with Crippen LogP contribution < -0.4 is 10.5 Å². The average molecular weight is 360 g/mol. The summed E-state index contributed by atoms with van der Waals surface area (Å²) in [6.45, 7) is 1.81. The second-order valence-electron chi connectivity index (χ2n) is 6.36. The van der Waals surface area contributed by atoms with E-state index in [1.165, 1.54) is 31.0 Å². The lowest BCUT2D eigenvalue weighted by Crippen LogP contribution is -2.23. The molecule has 2 aromatic rings. The normalized spacial score (nSPS) is 16.6. The zero-order valence-corrected chi connectivity index (χ0v) is 15.5. The number of nitrogens with zero attached hydrogens (tertiary/aromatic N) is 3. The van der Waals surface area contributed by atoms with Gasteiger partial charge in [0.1, 0.15) is 5.75 Å². The first-order valence-corrected chi connectivity index (χ1v) is 9.53. The van der Waals surface area contributed by atoms with E-state index in [0.29, 0.717) is 6.04 Å². The highest BCUT2D eigenvalue weighted by Crippen LogP contribution is 2.36. The molecule has 134 valence electrons. The second-order valence-corrected chi connectivity index (χ2v) is 7.67. The lowest BCUT2D eigenvalue weighted by atomic mass is 9.95. The van der Waals surface area contributed by atoms with Gasteiger partial charge in [0.15, 0.2) is 11.0 Å². The Morgan fingerprint density at radius 3 is 2.52 bits per heavy atom. The fourth-order valence-corrected chi connectivity index (χ4v) is 4.05. The first-order chi connectivity index (χ1) is 12.1. The van der Waals surface area contributed by atoms with Gasteiger partial charge in [0.05, 0.1) is 12.4 Å². The molecule has 0 spiro atoms. The summed E-state index contributed by atoms with van der Waals surface area (Å²) >= 11 is 1.39. The van der Waals surface area contributed by atoms with Crippen LogP contribution in [0.15, 0.2) is 29.4 Å². The van der Waals surface area contributed by atoms with Crippen LogP contribution in [0.2, 0.25) is 0 Å². The molecule has 1 aromatic carbocycles. The van der Waals surface area contributed by atoms with Gasteiger partial charge in [-0.25, -0.2) is 0 Å². The average Bonchev–Trinajstić information content (AvgIpc) is 3.06. The van der Waals surface area contributed by atoms with Crippen molar-refractivity contribution in [2.24, 2.45) is 5.73 Å². The summed E-state index contributed by atoms with van der Waals surface area (Å²) in [5.41, 5.74) is 6.43. The first kappa shape index (κ1) is 17.8. The monoisotopic (exact) mass is 360 g/mol. The lowest BCUT2D eigenvalue weighted by Gasteiger charge is -2.26. The molecular weight excluding hydrogens is 336 g/mol. The summed E-state index contributed by atoms with van der Waals surface area (Å²) in [4.78, 5) is 11.5. The fourth-order valence-electron chi connectivity index (χ4n) is 3.18. The van der Waals surface area contributed by atoms with Gasteiger partial charge in [-0.05, 0) is 44.0 Å². The molecule has 1 fully saturated rings.